The molecule has 3 N–H and O–H groups in total. The van der Waals surface area contributed by atoms with Crippen LogP contribution in [0, 0.1) is 6.92 Å². The third-order valence-electron chi connectivity index (χ3n) is 3.52. The minimum atomic E-state index is -1.23. The Kier molecular flexibility index (Phi) is 3.57. The first-order chi connectivity index (χ1) is 10.9. The number of aromatic amines is 1. The normalized spacial score (nSPS) is 11.0. The molecule has 0 radical (unpaired) electrons. The summed E-state index contributed by atoms with van der Waals surface area (Å²) >= 11 is 5.91. The molecule has 0 atom stereocenters. The topological polar surface area (TPSA) is 108 Å². The number of nitrogens with one attached hydrogen (secondary N) is 1. The predicted molar refractivity (Wildman–Crippen MR) is 83.4 cm³/mol. The van der Waals surface area contributed by atoms with E-state index in [1.807, 2.05) is 0 Å². The fourth-order valence-electron chi connectivity index (χ4n) is 2.47. The largest absolute Gasteiger partial charge is 0.493 e. The van der Waals surface area contributed by atoms with E-state index in [1.54, 1.807) is 24.3 Å². The van der Waals surface area contributed by atoms with Crippen molar-refractivity contribution in [3.63, 3.8) is 0 Å². The Morgan fingerprint density at radius 3 is 2.83 bits per heavy atom. The summed E-state index contributed by atoms with van der Waals surface area (Å²) in [7, 11) is 0. The molecule has 0 aliphatic heterocycles. The molecule has 0 aliphatic carbocycles. The van der Waals surface area contributed by atoms with E-state index in [1.165, 1.54) is 6.92 Å². The molecule has 23 heavy (non-hydrogen) atoms. The second kappa shape index (κ2) is 5.44. The fraction of sp³-hybridized carbons (Fsp3) is 0.133. The molecule has 2 aromatic heterocycles. The number of carbonyl (C=O) groups is 1. The summed E-state index contributed by atoms with van der Waals surface area (Å²) in [6, 6.07) is 6.89. The van der Waals surface area contributed by atoms with Gasteiger partial charge < -0.3 is 15.2 Å². The van der Waals surface area contributed by atoms with Crippen molar-refractivity contribution in [2.75, 3.05) is 0 Å². The molecule has 2 heterocycles. The number of aromatic hydroxyl groups is 1. The zero-order valence-corrected chi connectivity index (χ0v) is 12.8. The molecule has 8 heteroatoms. The first-order valence-electron chi connectivity index (χ1n) is 6.69. The number of carboxylic acids is 1. The van der Waals surface area contributed by atoms with Gasteiger partial charge in [0, 0.05) is 11.4 Å². The van der Waals surface area contributed by atoms with Crippen molar-refractivity contribution in [1.82, 2.24) is 14.6 Å². The summed E-state index contributed by atoms with van der Waals surface area (Å²) in [4.78, 5) is 26.0. The number of aromatic nitrogens is 3. The van der Waals surface area contributed by atoms with Crippen molar-refractivity contribution in [3.05, 3.63) is 62.0 Å². The summed E-state index contributed by atoms with van der Waals surface area (Å²) in [6.07, 6.45) is 0.138. The summed E-state index contributed by atoms with van der Waals surface area (Å²) < 4.78 is 1.03. The van der Waals surface area contributed by atoms with Crippen LogP contribution < -0.4 is 5.56 Å². The molecule has 3 rings (SSSR count). The third kappa shape index (κ3) is 2.55. The Morgan fingerprint density at radius 1 is 1.43 bits per heavy atom. The van der Waals surface area contributed by atoms with Crippen LogP contribution in [-0.4, -0.2) is 30.8 Å². The van der Waals surface area contributed by atoms with Crippen molar-refractivity contribution in [3.8, 4) is 5.88 Å². The number of nitrogens with zero attached hydrogens (tertiary/aromatic N) is 2. The fourth-order valence-corrected chi connectivity index (χ4v) is 2.69. The second-order valence-corrected chi connectivity index (χ2v) is 5.53. The summed E-state index contributed by atoms with van der Waals surface area (Å²) in [5.74, 6) is -1.62. The Hall–Kier alpha value is -2.80. The van der Waals surface area contributed by atoms with Crippen molar-refractivity contribution in [2.24, 2.45) is 0 Å². The minimum Gasteiger partial charge on any atom is -0.493 e. The SMILES string of the molecule is Cc1nn2c(O)c(Cc3cccc(Cl)c3)c(=O)[nH]c2c1C(=O)O. The van der Waals surface area contributed by atoms with Gasteiger partial charge in [0.05, 0.1) is 11.3 Å². The molecular weight excluding hydrogens is 322 g/mol. The van der Waals surface area contributed by atoms with E-state index in [4.69, 9.17) is 11.6 Å². The average Bonchev–Trinajstić information content (AvgIpc) is 2.80. The number of carboxylic acid groups (broad SMARTS) is 1. The summed E-state index contributed by atoms with van der Waals surface area (Å²) in [5, 5.41) is 24.0. The van der Waals surface area contributed by atoms with Gasteiger partial charge in [0.25, 0.3) is 5.56 Å². The van der Waals surface area contributed by atoms with Crippen molar-refractivity contribution in [2.45, 2.75) is 13.3 Å². The molecule has 0 saturated carbocycles. The number of benzene rings is 1. The highest BCUT2D eigenvalue weighted by Crippen LogP contribution is 2.22. The first-order valence-corrected chi connectivity index (χ1v) is 7.07. The van der Waals surface area contributed by atoms with Crippen LogP contribution in [0.2, 0.25) is 5.02 Å². The molecule has 0 bridgehead atoms. The lowest BCUT2D eigenvalue weighted by molar-refractivity contribution is 0.0698. The first kappa shape index (κ1) is 15.1. The average molecular weight is 334 g/mol. The number of fused-ring (bicyclic) bond motifs is 1. The highest BCUT2D eigenvalue weighted by atomic mass is 35.5. The molecule has 0 saturated heterocycles. The monoisotopic (exact) mass is 333 g/mol. The molecule has 0 fully saturated rings. The molecule has 1 aromatic carbocycles. The van der Waals surface area contributed by atoms with Crippen molar-refractivity contribution < 1.29 is 15.0 Å². The van der Waals surface area contributed by atoms with Gasteiger partial charge in [-0.3, -0.25) is 4.79 Å². The minimum absolute atomic E-state index is 0.0488. The Morgan fingerprint density at radius 2 is 2.17 bits per heavy atom. The maximum atomic E-state index is 12.2. The van der Waals surface area contributed by atoms with Gasteiger partial charge in [0.2, 0.25) is 5.88 Å². The molecule has 0 unspecified atom stereocenters. The number of hydrogen-bond acceptors (Lipinski definition) is 4. The number of rotatable bonds is 3. The number of hydrogen-bond donors (Lipinski definition) is 3. The highest BCUT2D eigenvalue weighted by Gasteiger charge is 2.22. The van der Waals surface area contributed by atoms with Crippen LogP contribution in [-0.2, 0) is 6.42 Å². The zero-order chi connectivity index (χ0) is 16.7. The maximum Gasteiger partial charge on any atom is 0.341 e. The quantitative estimate of drug-likeness (QED) is 0.679. The van der Waals surface area contributed by atoms with Crippen LogP contribution in [0.4, 0.5) is 0 Å². The molecule has 3 aromatic rings. The lowest BCUT2D eigenvalue weighted by atomic mass is 10.1. The van der Waals surface area contributed by atoms with Gasteiger partial charge in [-0.15, -0.1) is 0 Å². The summed E-state index contributed by atoms with van der Waals surface area (Å²) in [6.45, 7) is 1.49. The lowest BCUT2D eigenvalue weighted by Crippen LogP contribution is -2.17. The smallest absolute Gasteiger partial charge is 0.341 e. The van der Waals surface area contributed by atoms with Gasteiger partial charge in [-0.25, -0.2) is 4.79 Å². The van der Waals surface area contributed by atoms with Crippen LogP contribution in [0.3, 0.4) is 0 Å². The van der Waals surface area contributed by atoms with E-state index in [9.17, 15) is 19.8 Å². The summed E-state index contributed by atoms with van der Waals surface area (Å²) in [5.41, 5.74) is 0.249. The third-order valence-corrected chi connectivity index (χ3v) is 3.76. The van der Waals surface area contributed by atoms with Crippen molar-refractivity contribution in [1.29, 1.82) is 0 Å². The van der Waals surface area contributed by atoms with Gasteiger partial charge in [-0.2, -0.15) is 9.61 Å². The van der Waals surface area contributed by atoms with E-state index in [-0.39, 0.29) is 34.8 Å². The number of halogens is 1. The van der Waals surface area contributed by atoms with Crippen LogP contribution in [0.25, 0.3) is 5.65 Å². The lowest BCUT2D eigenvalue weighted by Gasteiger charge is -2.06. The standard InChI is InChI=1S/C15H12ClN3O4/c1-7-11(15(22)23)12-17-13(20)10(14(21)19(12)18-7)6-8-3-2-4-9(16)5-8/h2-5,21H,6H2,1H3,(H,17,20)(H,22,23). The zero-order valence-electron chi connectivity index (χ0n) is 12.0. The number of aromatic carboxylic acids is 1. The molecule has 0 spiro atoms. The van der Waals surface area contributed by atoms with Gasteiger partial charge in [0.15, 0.2) is 5.65 Å². The number of aryl methyl sites for hydroxylation is 1. The van der Waals surface area contributed by atoms with Crippen LogP contribution in [0.5, 0.6) is 5.88 Å². The van der Waals surface area contributed by atoms with Crippen molar-refractivity contribution >= 4 is 23.2 Å². The molecular formula is C15H12ClN3O4. The van der Waals surface area contributed by atoms with Crippen LogP contribution >= 0.6 is 11.6 Å². The molecule has 7 nitrogen and oxygen atoms in total. The van der Waals surface area contributed by atoms with E-state index >= 15 is 0 Å². The van der Waals surface area contributed by atoms with E-state index in [0.29, 0.717) is 5.02 Å². The molecule has 0 aliphatic rings. The van der Waals surface area contributed by atoms with E-state index < -0.39 is 11.5 Å². The van der Waals surface area contributed by atoms with Gasteiger partial charge in [-0.1, -0.05) is 23.7 Å². The molecule has 0 amide bonds. The van der Waals surface area contributed by atoms with Gasteiger partial charge >= 0.3 is 5.97 Å². The number of H-pyrrole nitrogens is 1. The maximum absolute atomic E-state index is 12.2. The Bertz CT molecular complexity index is 990. The molecule has 118 valence electrons. The highest BCUT2D eigenvalue weighted by molar-refractivity contribution is 6.30. The second-order valence-electron chi connectivity index (χ2n) is 5.09. The van der Waals surface area contributed by atoms with E-state index in [0.717, 1.165) is 10.1 Å². The van der Waals surface area contributed by atoms with Gasteiger partial charge in [-0.05, 0) is 24.6 Å². The Labute approximate surface area is 134 Å². The Balaban J connectivity index is 2.20. The van der Waals surface area contributed by atoms with Gasteiger partial charge in [0.1, 0.15) is 5.56 Å². The van der Waals surface area contributed by atoms with E-state index in [2.05, 4.69) is 10.1 Å². The predicted octanol–water partition coefficient (Wildman–Crippen LogP) is 1.98. The van der Waals surface area contributed by atoms with Crippen LogP contribution in [0.15, 0.2) is 29.1 Å². The van der Waals surface area contributed by atoms with Crippen LogP contribution in [0.1, 0.15) is 27.2 Å².